The molecule has 3 fully saturated rings. The number of aryl methyl sites for hydroxylation is 1. The fraction of sp³-hybridized carbons (Fsp3) is 0.684. The van der Waals surface area contributed by atoms with E-state index in [9.17, 15) is 8.42 Å². The molecule has 1 spiro atoms. The van der Waals surface area contributed by atoms with Crippen LogP contribution in [-0.4, -0.2) is 62.1 Å². The van der Waals surface area contributed by atoms with Crippen molar-refractivity contribution in [1.82, 2.24) is 9.21 Å². The van der Waals surface area contributed by atoms with Gasteiger partial charge in [0.1, 0.15) is 0 Å². The average Bonchev–Trinajstić information content (AvgIpc) is 3.02. The van der Waals surface area contributed by atoms with Crippen LogP contribution in [-0.2, 0) is 20.5 Å². The molecule has 138 valence electrons. The quantitative estimate of drug-likeness (QED) is 0.821. The van der Waals surface area contributed by atoms with Crippen LogP contribution >= 0.6 is 0 Å². The van der Waals surface area contributed by atoms with Crippen molar-refractivity contribution >= 4 is 10.0 Å². The third-order valence-electron chi connectivity index (χ3n) is 5.89. The number of piperidine rings is 1. The Kier molecular flexibility index (Phi) is 4.65. The fourth-order valence-electron chi connectivity index (χ4n) is 4.34. The monoisotopic (exact) mass is 364 g/mol. The van der Waals surface area contributed by atoms with Gasteiger partial charge < -0.3 is 4.74 Å². The second kappa shape index (κ2) is 6.65. The summed E-state index contributed by atoms with van der Waals surface area (Å²) < 4.78 is 33.0. The molecule has 6 heteroatoms. The number of likely N-dealkylation sites (tertiary alicyclic amines) is 1. The Morgan fingerprint density at radius 3 is 2.48 bits per heavy atom. The molecule has 3 saturated heterocycles. The van der Waals surface area contributed by atoms with Crippen LogP contribution in [0.1, 0.15) is 36.8 Å². The number of sulfonamides is 1. The first-order valence-electron chi connectivity index (χ1n) is 9.37. The van der Waals surface area contributed by atoms with Gasteiger partial charge in [0.25, 0.3) is 0 Å². The summed E-state index contributed by atoms with van der Waals surface area (Å²) in [6.45, 7) is 6.13. The lowest BCUT2D eigenvalue weighted by Crippen LogP contribution is -2.63. The smallest absolute Gasteiger partial charge is 0.218 e. The van der Waals surface area contributed by atoms with E-state index < -0.39 is 10.0 Å². The van der Waals surface area contributed by atoms with Crippen molar-refractivity contribution in [2.75, 3.05) is 32.8 Å². The maximum absolute atomic E-state index is 12.7. The minimum Gasteiger partial charge on any atom is -0.371 e. The highest BCUT2D eigenvalue weighted by Gasteiger charge is 2.54. The molecule has 1 atom stereocenters. The molecule has 0 radical (unpaired) electrons. The molecule has 3 aliphatic heterocycles. The lowest BCUT2D eigenvalue weighted by atomic mass is 9.91. The SMILES string of the molecule is Cc1ccc(CS(=O)(=O)N2CC3(C[C@H](N4CCCCC4)CO3)C2)cc1. The van der Waals surface area contributed by atoms with E-state index in [4.69, 9.17) is 4.74 Å². The van der Waals surface area contributed by atoms with Crippen molar-refractivity contribution in [2.24, 2.45) is 0 Å². The van der Waals surface area contributed by atoms with Crippen LogP contribution in [0.4, 0.5) is 0 Å². The maximum atomic E-state index is 12.7. The van der Waals surface area contributed by atoms with Gasteiger partial charge >= 0.3 is 0 Å². The van der Waals surface area contributed by atoms with Crippen LogP contribution in [0, 0.1) is 6.92 Å². The predicted molar refractivity (Wildman–Crippen MR) is 97.9 cm³/mol. The molecule has 3 heterocycles. The molecule has 3 aliphatic rings. The first kappa shape index (κ1) is 17.5. The Hall–Kier alpha value is -0.950. The van der Waals surface area contributed by atoms with Crippen molar-refractivity contribution in [3.05, 3.63) is 35.4 Å². The summed E-state index contributed by atoms with van der Waals surface area (Å²) in [6.07, 6.45) is 4.87. The summed E-state index contributed by atoms with van der Waals surface area (Å²) in [5, 5.41) is 0. The van der Waals surface area contributed by atoms with E-state index in [1.165, 1.54) is 32.4 Å². The summed E-state index contributed by atoms with van der Waals surface area (Å²) >= 11 is 0. The Balaban J connectivity index is 1.34. The van der Waals surface area contributed by atoms with Crippen molar-refractivity contribution in [3.8, 4) is 0 Å². The van der Waals surface area contributed by atoms with Crippen LogP contribution in [0.3, 0.4) is 0 Å². The topological polar surface area (TPSA) is 49.9 Å². The van der Waals surface area contributed by atoms with Crippen molar-refractivity contribution in [1.29, 1.82) is 0 Å². The van der Waals surface area contributed by atoms with Gasteiger partial charge in [-0.3, -0.25) is 4.90 Å². The van der Waals surface area contributed by atoms with Gasteiger partial charge in [-0.05, 0) is 44.8 Å². The normalized spacial score (nSPS) is 27.5. The van der Waals surface area contributed by atoms with Crippen LogP contribution < -0.4 is 0 Å². The Morgan fingerprint density at radius 1 is 1.12 bits per heavy atom. The summed E-state index contributed by atoms with van der Waals surface area (Å²) in [5.41, 5.74) is 1.76. The highest BCUT2D eigenvalue weighted by Crippen LogP contribution is 2.39. The van der Waals surface area contributed by atoms with E-state index in [-0.39, 0.29) is 11.4 Å². The summed E-state index contributed by atoms with van der Waals surface area (Å²) in [4.78, 5) is 2.54. The molecule has 0 N–H and O–H groups in total. The third kappa shape index (κ3) is 3.63. The second-order valence-electron chi connectivity index (χ2n) is 7.96. The zero-order valence-electron chi connectivity index (χ0n) is 15.0. The van der Waals surface area contributed by atoms with Gasteiger partial charge in [0, 0.05) is 19.1 Å². The van der Waals surface area contributed by atoms with E-state index in [2.05, 4.69) is 4.90 Å². The predicted octanol–water partition coefficient (Wildman–Crippen LogP) is 2.15. The molecule has 0 amide bonds. The zero-order chi connectivity index (χ0) is 17.5. The van der Waals surface area contributed by atoms with Gasteiger partial charge in [-0.25, -0.2) is 8.42 Å². The summed E-state index contributed by atoms with van der Waals surface area (Å²) in [6, 6.07) is 8.21. The molecule has 0 bridgehead atoms. The average molecular weight is 365 g/mol. The van der Waals surface area contributed by atoms with Gasteiger partial charge in [0.2, 0.25) is 10.0 Å². The number of hydrogen-bond donors (Lipinski definition) is 0. The highest BCUT2D eigenvalue weighted by atomic mass is 32.2. The first-order valence-corrected chi connectivity index (χ1v) is 11.0. The molecule has 1 aromatic rings. The van der Waals surface area contributed by atoms with Gasteiger partial charge in [-0.1, -0.05) is 36.2 Å². The minimum absolute atomic E-state index is 0.0823. The van der Waals surface area contributed by atoms with Crippen molar-refractivity contribution in [2.45, 2.75) is 50.0 Å². The molecule has 4 rings (SSSR count). The Morgan fingerprint density at radius 2 is 1.80 bits per heavy atom. The van der Waals surface area contributed by atoms with Crippen LogP contribution in [0.2, 0.25) is 0 Å². The van der Waals surface area contributed by atoms with Crippen molar-refractivity contribution < 1.29 is 13.2 Å². The lowest BCUT2D eigenvalue weighted by molar-refractivity contribution is -0.0775. The molecule has 1 aromatic carbocycles. The van der Waals surface area contributed by atoms with Crippen molar-refractivity contribution in [3.63, 3.8) is 0 Å². The molecule has 5 nitrogen and oxygen atoms in total. The van der Waals surface area contributed by atoms with Gasteiger partial charge in [0.15, 0.2) is 0 Å². The Bertz CT molecular complexity index is 705. The highest BCUT2D eigenvalue weighted by molar-refractivity contribution is 7.88. The van der Waals surface area contributed by atoms with E-state index >= 15 is 0 Å². The lowest BCUT2D eigenvalue weighted by Gasteiger charge is -2.46. The number of hydrogen-bond acceptors (Lipinski definition) is 4. The van der Waals surface area contributed by atoms with E-state index in [1.807, 2.05) is 31.2 Å². The molecule has 25 heavy (non-hydrogen) atoms. The number of nitrogens with zero attached hydrogens (tertiary/aromatic N) is 2. The second-order valence-corrected chi connectivity index (χ2v) is 9.93. The first-order chi connectivity index (χ1) is 12.0. The molecule has 0 aromatic heterocycles. The largest absolute Gasteiger partial charge is 0.371 e. The zero-order valence-corrected chi connectivity index (χ0v) is 15.8. The van der Waals surface area contributed by atoms with E-state index in [1.54, 1.807) is 4.31 Å². The minimum atomic E-state index is -3.26. The molecule has 0 saturated carbocycles. The van der Waals surface area contributed by atoms with Gasteiger partial charge in [0.05, 0.1) is 18.0 Å². The fourth-order valence-corrected chi connectivity index (χ4v) is 6.00. The third-order valence-corrected chi connectivity index (χ3v) is 7.63. The molecular weight excluding hydrogens is 336 g/mol. The summed E-state index contributed by atoms with van der Waals surface area (Å²) in [5.74, 6) is 0.0823. The van der Waals surface area contributed by atoms with E-state index in [0.29, 0.717) is 19.1 Å². The number of ether oxygens (including phenoxy) is 1. The van der Waals surface area contributed by atoms with Crippen LogP contribution in [0.25, 0.3) is 0 Å². The molecule has 0 aliphatic carbocycles. The van der Waals surface area contributed by atoms with Crippen LogP contribution in [0.15, 0.2) is 24.3 Å². The Labute approximate surface area is 151 Å². The van der Waals surface area contributed by atoms with Gasteiger partial charge in [-0.2, -0.15) is 4.31 Å². The maximum Gasteiger partial charge on any atom is 0.218 e. The number of rotatable bonds is 4. The molecule has 0 unspecified atom stereocenters. The number of benzene rings is 1. The molecular formula is C19H28N2O3S. The van der Waals surface area contributed by atoms with Gasteiger partial charge in [-0.15, -0.1) is 0 Å². The summed E-state index contributed by atoms with van der Waals surface area (Å²) in [7, 11) is -3.26. The van der Waals surface area contributed by atoms with E-state index in [0.717, 1.165) is 24.2 Å². The standard InChI is InChI=1S/C19H28N2O3S/c1-16-5-7-17(8-6-16)13-25(22,23)21-14-19(15-21)11-18(12-24-19)20-9-3-2-4-10-20/h5-8,18H,2-4,9-15H2,1H3/t18-/m0/s1. The van der Waals surface area contributed by atoms with Crippen LogP contribution in [0.5, 0.6) is 0 Å².